The van der Waals surface area contributed by atoms with Crippen LogP contribution in [0, 0.1) is 11.3 Å². The zero-order valence-electron chi connectivity index (χ0n) is 13.3. The molecule has 1 atom stereocenters. The van der Waals surface area contributed by atoms with E-state index in [1.165, 1.54) is 0 Å². The van der Waals surface area contributed by atoms with E-state index in [0.717, 1.165) is 29.9 Å². The normalized spacial score (nSPS) is 21.1. The fourth-order valence-corrected chi connectivity index (χ4v) is 5.79. The highest BCUT2D eigenvalue weighted by Crippen LogP contribution is 2.30. The molecule has 24 heavy (non-hydrogen) atoms. The highest BCUT2D eigenvalue weighted by atomic mass is 35.5. The standard InChI is InChI=1S/C18H19ClN2O2S/c19-14-5-3-4-13(10-14)12-21-15(6-7-17(21)22)18(23)16(11-20)24-8-1-2-9-24/h3-5,10,15H,1-2,6-9,12H2. The Balaban J connectivity index is 1.83. The van der Waals surface area contributed by atoms with Crippen molar-refractivity contribution >= 4 is 38.6 Å². The summed E-state index contributed by atoms with van der Waals surface area (Å²) in [5, 5.41) is 10.1. The largest absolute Gasteiger partial charge is 0.328 e. The summed E-state index contributed by atoms with van der Waals surface area (Å²) in [6, 6.07) is 8.97. The number of halogens is 1. The number of benzene rings is 1. The number of carbonyl (C=O) groups is 2. The van der Waals surface area contributed by atoms with E-state index in [4.69, 9.17) is 11.6 Å². The second-order valence-electron chi connectivity index (χ2n) is 6.12. The van der Waals surface area contributed by atoms with Crippen LogP contribution in [0.25, 0.3) is 0 Å². The average molecular weight is 363 g/mol. The molecule has 0 saturated carbocycles. The van der Waals surface area contributed by atoms with Crippen LogP contribution >= 0.6 is 22.1 Å². The molecule has 2 fully saturated rings. The van der Waals surface area contributed by atoms with Crippen LogP contribution in [0.1, 0.15) is 31.2 Å². The van der Waals surface area contributed by atoms with Crippen molar-refractivity contribution in [3.63, 3.8) is 0 Å². The van der Waals surface area contributed by atoms with Crippen molar-refractivity contribution in [2.45, 2.75) is 38.3 Å². The van der Waals surface area contributed by atoms with E-state index in [1.807, 2.05) is 18.2 Å². The van der Waals surface area contributed by atoms with Gasteiger partial charge in [0, 0.05) is 18.0 Å². The molecule has 1 aromatic carbocycles. The van der Waals surface area contributed by atoms with Gasteiger partial charge < -0.3 is 4.90 Å². The molecule has 0 spiro atoms. The third-order valence-corrected chi connectivity index (χ3v) is 7.19. The molecule has 126 valence electrons. The Morgan fingerprint density at radius 3 is 2.79 bits per heavy atom. The van der Waals surface area contributed by atoms with Gasteiger partial charge in [-0.05, 0) is 48.5 Å². The molecule has 0 N–H and O–H groups in total. The van der Waals surface area contributed by atoms with Gasteiger partial charge in [-0.25, -0.2) is 0 Å². The Morgan fingerprint density at radius 2 is 2.12 bits per heavy atom. The Kier molecular flexibility index (Phi) is 5.37. The van der Waals surface area contributed by atoms with Gasteiger partial charge >= 0.3 is 0 Å². The molecule has 2 heterocycles. The van der Waals surface area contributed by atoms with Gasteiger partial charge in [0.05, 0.1) is 6.04 Å². The number of nitrogens with zero attached hydrogens (tertiary/aromatic N) is 2. The first-order chi connectivity index (χ1) is 11.6. The predicted octanol–water partition coefficient (Wildman–Crippen LogP) is 3.16. The van der Waals surface area contributed by atoms with Gasteiger partial charge in [0.1, 0.15) is 10.9 Å². The maximum atomic E-state index is 12.9. The summed E-state index contributed by atoms with van der Waals surface area (Å²) in [5.74, 6) is 1.70. The third-order valence-electron chi connectivity index (χ3n) is 4.52. The van der Waals surface area contributed by atoms with Gasteiger partial charge in [-0.15, -0.1) is 0 Å². The summed E-state index contributed by atoms with van der Waals surface area (Å²) in [4.78, 5) is 27.2. The Labute approximate surface area is 149 Å². The summed E-state index contributed by atoms with van der Waals surface area (Å²) in [7, 11) is -0.221. The number of carbonyl (C=O) groups excluding carboxylic acids is 2. The van der Waals surface area contributed by atoms with Crippen LogP contribution in [-0.4, -0.2) is 39.0 Å². The van der Waals surface area contributed by atoms with Crippen molar-refractivity contribution in [2.24, 2.45) is 0 Å². The highest BCUT2D eigenvalue weighted by Gasteiger charge is 2.38. The van der Waals surface area contributed by atoms with E-state index < -0.39 is 6.04 Å². The van der Waals surface area contributed by atoms with Crippen molar-refractivity contribution < 1.29 is 9.59 Å². The van der Waals surface area contributed by atoms with E-state index in [1.54, 1.807) is 11.0 Å². The quantitative estimate of drug-likeness (QED) is 0.773. The molecule has 0 radical (unpaired) electrons. The van der Waals surface area contributed by atoms with E-state index in [9.17, 15) is 14.9 Å². The van der Waals surface area contributed by atoms with E-state index in [2.05, 4.69) is 6.07 Å². The van der Waals surface area contributed by atoms with Gasteiger partial charge in [0.2, 0.25) is 11.7 Å². The number of ketones is 1. The molecule has 4 nitrogen and oxygen atoms in total. The van der Waals surface area contributed by atoms with Crippen molar-refractivity contribution in [1.29, 1.82) is 5.26 Å². The van der Waals surface area contributed by atoms with Crippen LogP contribution in [0.5, 0.6) is 0 Å². The van der Waals surface area contributed by atoms with Crippen LogP contribution in [0.3, 0.4) is 0 Å². The molecule has 1 aromatic rings. The lowest BCUT2D eigenvalue weighted by Crippen LogP contribution is -2.41. The summed E-state index contributed by atoms with van der Waals surface area (Å²) < 4.78 is 0. The Hall–Kier alpha value is -1.64. The monoisotopic (exact) mass is 362 g/mol. The maximum Gasteiger partial charge on any atom is 0.223 e. The van der Waals surface area contributed by atoms with E-state index in [0.29, 0.717) is 29.3 Å². The van der Waals surface area contributed by atoms with Crippen LogP contribution in [0.15, 0.2) is 24.3 Å². The minimum absolute atomic E-state index is 0.0274. The first-order valence-electron chi connectivity index (χ1n) is 8.13. The number of Topliss-reactive ketones (excluding diaryl/α,β-unsaturated/α-hetero) is 1. The molecule has 2 saturated heterocycles. The second-order valence-corrected chi connectivity index (χ2v) is 8.77. The number of rotatable bonds is 4. The number of amides is 1. The number of hydrogen-bond donors (Lipinski definition) is 0. The zero-order chi connectivity index (χ0) is 17.1. The fourth-order valence-electron chi connectivity index (χ4n) is 3.31. The minimum Gasteiger partial charge on any atom is -0.328 e. The third kappa shape index (κ3) is 3.55. The molecular weight excluding hydrogens is 344 g/mol. The maximum absolute atomic E-state index is 12.9. The molecular formula is C18H19ClN2O2S. The molecule has 2 aliphatic rings. The summed E-state index contributed by atoms with van der Waals surface area (Å²) in [5.41, 5.74) is 0.900. The molecule has 0 aliphatic carbocycles. The Bertz CT molecular complexity index is 746. The van der Waals surface area contributed by atoms with Crippen LogP contribution in [0.4, 0.5) is 0 Å². The topological polar surface area (TPSA) is 61.2 Å². The molecule has 1 amide bonds. The SMILES string of the molecule is N#CC(C(=O)C1CCC(=O)N1Cc1cccc(Cl)c1)=S1CCCC1. The lowest BCUT2D eigenvalue weighted by atomic mass is 10.1. The van der Waals surface area contributed by atoms with E-state index >= 15 is 0 Å². The highest BCUT2D eigenvalue weighted by molar-refractivity contribution is 8.17. The molecule has 2 aliphatic heterocycles. The summed E-state index contributed by atoms with van der Waals surface area (Å²) >= 11 is 6.01. The lowest BCUT2D eigenvalue weighted by molar-refractivity contribution is -0.132. The minimum atomic E-state index is -0.501. The average Bonchev–Trinajstić information content (AvgIpc) is 3.19. The Morgan fingerprint density at radius 1 is 1.38 bits per heavy atom. The van der Waals surface area contributed by atoms with Gasteiger partial charge in [0.15, 0.2) is 0 Å². The molecule has 0 aromatic heterocycles. The van der Waals surface area contributed by atoms with Crippen molar-refractivity contribution in [2.75, 3.05) is 11.5 Å². The van der Waals surface area contributed by atoms with E-state index in [-0.39, 0.29) is 22.2 Å². The van der Waals surface area contributed by atoms with Crippen molar-refractivity contribution in [1.82, 2.24) is 4.90 Å². The summed E-state index contributed by atoms with van der Waals surface area (Å²) in [6.07, 6.45) is 3.03. The molecule has 0 bridgehead atoms. The zero-order valence-corrected chi connectivity index (χ0v) is 14.9. The van der Waals surface area contributed by atoms with Gasteiger partial charge in [-0.1, -0.05) is 23.7 Å². The van der Waals surface area contributed by atoms with Crippen LogP contribution in [0.2, 0.25) is 5.02 Å². The number of nitriles is 1. The first-order valence-corrected chi connectivity index (χ1v) is 10.1. The van der Waals surface area contributed by atoms with Crippen LogP contribution in [-0.2, 0) is 16.1 Å². The lowest BCUT2D eigenvalue weighted by Gasteiger charge is -2.24. The number of likely N-dealkylation sites (tertiary alicyclic amines) is 1. The first kappa shape index (κ1) is 17.2. The fraction of sp³-hybridized carbons (Fsp3) is 0.444. The smallest absolute Gasteiger partial charge is 0.223 e. The van der Waals surface area contributed by atoms with Crippen LogP contribution < -0.4 is 0 Å². The molecule has 1 unspecified atom stereocenters. The van der Waals surface area contributed by atoms with Crippen molar-refractivity contribution in [3.8, 4) is 6.07 Å². The molecule has 6 heteroatoms. The van der Waals surface area contributed by atoms with Gasteiger partial charge in [-0.3, -0.25) is 9.59 Å². The second kappa shape index (κ2) is 7.50. The van der Waals surface area contributed by atoms with Crippen molar-refractivity contribution in [3.05, 3.63) is 34.9 Å². The summed E-state index contributed by atoms with van der Waals surface area (Å²) in [6.45, 7) is 0.363. The van der Waals surface area contributed by atoms with Gasteiger partial charge in [0.25, 0.3) is 0 Å². The number of hydrogen-bond acceptors (Lipinski definition) is 3. The predicted molar refractivity (Wildman–Crippen MR) is 97.2 cm³/mol. The van der Waals surface area contributed by atoms with Gasteiger partial charge in [-0.2, -0.15) is 15.7 Å². The molecule has 3 rings (SSSR count).